The van der Waals surface area contributed by atoms with E-state index in [0.29, 0.717) is 23.6 Å². The Morgan fingerprint density at radius 1 is 1.12 bits per heavy atom. The van der Waals surface area contributed by atoms with Crippen LogP contribution in [-0.4, -0.2) is 38.2 Å². The van der Waals surface area contributed by atoms with Crippen molar-refractivity contribution in [1.82, 2.24) is 10.6 Å². The zero-order valence-corrected chi connectivity index (χ0v) is 15.1. The molecule has 7 heteroatoms. The Morgan fingerprint density at radius 2 is 1.88 bits per heavy atom. The lowest BCUT2D eigenvalue weighted by Crippen LogP contribution is -2.30. The first kappa shape index (κ1) is 18.9. The Labute approximate surface area is 148 Å². The molecule has 1 saturated heterocycles. The average Bonchev–Trinajstić information content (AvgIpc) is 2.91. The highest BCUT2D eigenvalue weighted by Crippen LogP contribution is 2.29. The summed E-state index contributed by atoms with van der Waals surface area (Å²) in [5.41, 5.74) is 0.691. The van der Waals surface area contributed by atoms with E-state index < -0.39 is 0 Å². The summed E-state index contributed by atoms with van der Waals surface area (Å²) < 4.78 is 10.4. The second-order valence-electron chi connectivity index (χ2n) is 6.23. The Balaban J connectivity index is 1.66. The molecule has 0 spiro atoms. The van der Waals surface area contributed by atoms with Gasteiger partial charge in [-0.3, -0.25) is 4.79 Å². The van der Waals surface area contributed by atoms with Crippen LogP contribution in [0.3, 0.4) is 0 Å². The first-order valence-electron chi connectivity index (χ1n) is 8.62. The van der Waals surface area contributed by atoms with Crippen LogP contribution in [-0.2, 0) is 4.79 Å². The first-order chi connectivity index (χ1) is 12.0. The van der Waals surface area contributed by atoms with Crippen molar-refractivity contribution in [2.45, 2.75) is 51.1 Å². The molecule has 0 bridgehead atoms. The molecule has 1 fully saturated rings. The molecule has 2 atom stereocenters. The van der Waals surface area contributed by atoms with E-state index in [2.05, 4.69) is 16.0 Å². The summed E-state index contributed by atoms with van der Waals surface area (Å²) in [5.74, 6) is 1.20. The number of carbonyl (C=O) groups excluding carboxylic acids is 2. The van der Waals surface area contributed by atoms with Crippen molar-refractivity contribution in [3.8, 4) is 11.5 Å². The Bertz CT molecular complexity index is 606. The number of nitrogens with one attached hydrogen (secondary N) is 3. The number of hydrogen-bond acceptors (Lipinski definition) is 4. The molecule has 1 aromatic rings. The van der Waals surface area contributed by atoms with E-state index in [9.17, 15) is 9.59 Å². The minimum atomic E-state index is -0.0909. The molecule has 0 aliphatic carbocycles. The second-order valence-corrected chi connectivity index (χ2v) is 6.23. The lowest BCUT2D eigenvalue weighted by atomic mass is 10.0. The number of anilines is 1. The molecule has 3 N–H and O–H groups in total. The largest absolute Gasteiger partial charge is 0.493 e. The van der Waals surface area contributed by atoms with E-state index in [1.807, 2.05) is 6.92 Å². The SMILES string of the molecule is COc1ccc(NC(=O)CCCCC[C@@H]2NC(=O)N[C@H]2C)cc1OC. The van der Waals surface area contributed by atoms with Crippen LogP contribution in [0, 0.1) is 0 Å². The number of benzene rings is 1. The van der Waals surface area contributed by atoms with Gasteiger partial charge in [0, 0.05) is 24.2 Å². The van der Waals surface area contributed by atoms with Crippen molar-refractivity contribution in [3.63, 3.8) is 0 Å². The molecular weight excluding hydrogens is 322 g/mol. The number of carbonyl (C=O) groups is 2. The first-order valence-corrected chi connectivity index (χ1v) is 8.62. The predicted molar refractivity (Wildman–Crippen MR) is 96.2 cm³/mol. The van der Waals surface area contributed by atoms with Gasteiger partial charge in [-0.05, 0) is 31.9 Å². The lowest BCUT2D eigenvalue weighted by Gasteiger charge is -2.13. The number of rotatable bonds is 9. The van der Waals surface area contributed by atoms with Crippen LogP contribution >= 0.6 is 0 Å². The molecule has 1 aliphatic heterocycles. The van der Waals surface area contributed by atoms with Gasteiger partial charge >= 0.3 is 6.03 Å². The monoisotopic (exact) mass is 349 g/mol. The number of hydrogen-bond donors (Lipinski definition) is 3. The summed E-state index contributed by atoms with van der Waals surface area (Å²) in [6, 6.07) is 5.56. The summed E-state index contributed by atoms with van der Waals surface area (Å²) >= 11 is 0. The fourth-order valence-corrected chi connectivity index (χ4v) is 2.93. The van der Waals surface area contributed by atoms with Gasteiger partial charge in [0.25, 0.3) is 0 Å². The highest BCUT2D eigenvalue weighted by atomic mass is 16.5. The number of methoxy groups -OCH3 is 2. The third kappa shape index (κ3) is 5.55. The van der Waals surface area contributed by atoms with Crippen molar-refractivity contribution < 1.29 is 19.1 Å². The van der Waals surface area contributed by atoms with Crippen molar-refractivity contribution in [3.05, 3.63) is 18.2 Å². The molecule has 0 saturated carbocycles. The molecule has 0 unspecified atom stereocenters. The van der Waals surface area contributed by atoms with Gasteiger partial charge in [-0.2, -0.15) is 0 Å². The van der Waals surface area contributed by atoms with Crippen molar-refractivity contribution >= 4 is 17.6 Å². The van der Waals surface area contributed by atoms with Crippen LogP contribution in [0.25, 0.3) is 0 Å². The summed E-state index contributed by atoms with van der Waals surface area (Å²) in [6.07, 6.45) is 4.16. The summed E-state index contributed by atoms with van der Waals surface area (Å²) in [6.45, 7) is 2.00. The summed E-state index contributed by atoms with van der Waals surface area (Å²) in [4.78, 5) is 23.2. The fourth-order valence-electron chi connectivity index (χ4n) is 2.93. The van der Waals surface area contributed by atoms with Crippen molar-refractivity contribution in [2.75, 3.05) is 19.5 Å². The van der Waals surface area contributed by atoms with Crippen molar-refractivity contribution in [2.24, 2.45) is 0 Å². The highest BCUT2D eigenvalue weighted by Gasteiger charge is 2.26. The predicted octanol–water partition coefficient (Wildman–Crippen LogP) is 2.66. The van der Waals surface area contributed by atoms with Gasteiger partial charge in [-0.15, -0.1) is 0 Å². The minimum absolute atomic E-state index is 0.0172. The quantitative estimate of drug-likeness (QED) is 0.598. The molecule has 138 valence electrons. The van der Waals surface area contributed by atoms with Crippen molar-refractivity contribution in [1.29, 1.82) is 0 Å². The molecule has 1 aliphatic rings. The van der Waals surface area contributed by atoms with Gasteiger partial charge in [0.1, 0.15) is 0 Å². The van der Waals surface area contributed by atoms with E-state index in [0.717, 1.165) is 25.7 Å². The third-order valence-electron chi connectivity index (χ3n) is 4.37. The summed E-state index contributed by atoms with van der Waals surface area (Å²) in [5, 5.41) is 8.61. The van der Waals surface area contributed by atoms with Crippen LogP contribution in [0.1, 0.15) is 39.0 Å². The topological polar surface area (TPSA) is 88.7 Å². The fraction of sp³-hybridized carbons (Fsp3) is 0.556. The maximum atomic E-state index is 12.0. The average molecular weight is 349 g/mol. The Hall–Kier alpha value is -2.44. The van der Waals surface area contributed by atoms with E-state index in [4.69, 9.17) is 9.47 Å². The molecule has 1 aromatic carbocycles. The standard InChI is InChI=1S/C18H27N3O4/c1-12-14(21-18(23)19-12)7-5-4-6-8-17(22)20-13-9-10-15(24-2)16(11-13)25-3/h9-12,14H,4-8H2,1-3H3,(H,20,22)(H2,19,21,23)/t12-,14-/m0/s1. The Kier molecular flexibility index (Phi) is 6.91. The number of unbranched alkanes of at least 4 members (excludes halogenated alkanes) is 2. The number of urea groups is 1. The highest BCUT2D eigenvalue weighted by molar-refractivity contribution is 5.91. The van der Waals surface area contributed by atoms with E-state index >= 15 is 0 Å². The maximum Gasteiger partial charge on any atom is 0.315 e. The van der Waals surface area contributed by atoms with Crippen LogP contribution < -0.4 is 25.4 Å². The normalized spacial score (nSPS) is 19.1. The van der Waals surface area contributed by atoms with Gasteiger partial charge in [0.15, 0.2) is 11.5 Å². The molecule has 7 nitrogen and oxygen atoms in total. The van der Waals surface area contributed by atoms with Crippen LogP contribution in [0.4, 0.5) is 10.5 Å². The zero-order chi connectivity index (χ0) is 18.2. The number of ether oxygens (including phenoxy) is 2. The minimum Gasteiger partial charge on any atom is -0.493 e. The van der Waals surface area contributed by atoms with Crippen LogP contribution in [0.15, 0.2) is 18.2 Å². The molecule has 25 heavy (non-hydrogen) atoms. The van der Waals surface area contributed by atoms with E-state index in [-0.39, 0.29) is 24.0 Å². The number of amides is 3. The van der Waals surface area contributed by atoms with Gasteiger partial charge in [-0.1, -0.05) is 12.8 Å². The Morgan fingerprint density at radius 3 is 2.52 bits per heavy atom. The third-order valence-corrected chi connectivity index (χ3v) is 4.37. The van der Waals surface area contributed by atoms with Gasteiger partial charge in [-0.25, -0.2) is 4.79 Å². The van der Waals surface area contributed by atoms with Gasteiger partial charge in [0.05, 0.1) is 20.3 Å². The van der Waals surface area contributed by atoms with E-state index in [1.165, 1.54) is 0 Å². The molecule has 2 rings (SSSR count). The second kappa shape index (κ2) is 9.15. The van der Waals surface area contributed by atoms with E-state index in [1.54, 1.807) is 32.4 Å². The maximum absolute atomic E-state index is 12.0. The van der Waals surface area contributed by atoms with Gasteiger partial charge < -0.3 is 25.4 Å². The molecular formula is C18H27N3O4. The molecule has 3 amide bonds. The molecule has 0 aromatic heterocycles. The lowest BCUT2D eigenvalue weighted by molar-refractivity contribution is -0.116. The molecule has 1 heterocycles. The van der Waals surface area contributed by atoms with Crippen LogP contribution in [0.5, 0.6) is 11.5 Å². The van der Waals surface area contributed by atoms with Gasteiger partial charge in [0.2, 0.25) is 5.91 Å². The molecule has 0 radical (unpaired) electrons. The smallest absolute Gasteiger partial charge is 0.315 e. The zero-order valence-electron chi connectivity index (χ0n) is 15.1. The summed E-state index contributed by atoms with van der Waals surface area (Å²) in [7, 11) is 3.14. The van der Waals surface area contributed by atoms with Crippen LogP contribution in [0.2, 0.25) is 0 Å².